The number of amides is 1. The summed E-state index contributed by atoms with van der Waals surface area (Å²) < 4.78 is 10.3. The molecule has 0 aromatic carbocycles. The summed E-state index contributed by atoms with van der Waals surface area (Å²) in [5, 5.41) is 0. The third-order valence-corrected chi connectivity index (χ3v) is 2.91. The Balaban J connectivity index is 2.82. The second-order valence-corrected chi connectivity index (χ2v) is 5.89. The first-order valence-electron chi connectivity index (χ1n) is 6.80. The van der Waals surface area contributed by atoms with E-state index in [0.717, 1.165) is 0 Å². The van der Waals surface area contributed by atoms with Crippen LogP contribution in [0.1, 0.15) is 41.0 Å². The van der Waals surface area contributed by atoms with E-state index in [4.69, 9.17) is 15.2 Å². The molecule has 0 aliphatic carbocycles. The smallest absolute Gasteiger partial charge is 0.410 e. The molecule has 0 radical (unpaired) electrons. The van der Waals surface area contributed by atoms with E-state index in [1.54, 1.807) is 6.92 Å². The lowest BCUT2D eigenvalue weighted by Gasteiger charge is -2.35. The van der Waals surface area contributed by atoms with Gasteiger partial charge in [-0.25, -0.2) is 9.59 Å². The molecule has 1 heterocycles. The summed E-state index contributed by atoms with van der Waals surface area (Å²) in [6, 6.07) is -0.156. The molecule has 1 rings (SSSR count). The standard InChI is InChI=1S/C14H24N2O4/c1-6-19-12(17)10-7-9(2)16(8-11(10)15)13(18)20-14(3,4)5/h9H,6-8,15H2,1-5H3. The molecule has 6 nitrogen and oxygen atoms in total. The van der Waals surface area contributed by atoms with Crippen LogP contribution in [0.4, 0.5) is 4.79 Å². The largest absolute Gasteiger partial charge is 0.463 e. The van der Waals surface area contributed by atoms with Gasteiger partial charge in [-0.2, -0.15) is 0 Å². The van der Waals surface area contributed by atoms with Gasteiger partial charge in [0, 0.05) is 18.2 Å². The van der Waals surface area contributed by atoms with Gasteiger partial charge in [0.15, 0.2) is 0 Å². The van der Waals surface area contributed by atoms with Gasteiger partial charge >= 0.3 is 12.1 Å². The van der Waals surface area contributed by atoms with Gasteiger partial charge in [0.2, 0.25) is 0 Å². The lowest BCUT2D eigenvalue weighted by Crippen LogP contribution is -2.47. The number of rotatable bonds is 2. The van der Waals surface area contributed by atoms with Crippen LogP contribution >= 0.6 is 0 Å². The van der Waals surface area contributed by atoms with Gasteiger partial charge in [0.25, 0.3) is 0 Å². The van der Waals surface area contributed by atoms with E-state index in [0.29, 0.717) is 24.3 Å². The Morgan fingerprint density at radius 3 is 2.50 bits per heavy atom. The average molecular weight is 284 g/mol. The van der Waals surface area contributed by atoms with Crippen LogP contribution in [0.3, 0.4) is 0 Å². The summed E-state index contributed by atoms with van der Waals surface area (Å²) in [5.41, 5.74) is 6.16. The van der Waals surface area contributed by atoms with Crippen molar-refractivity contribution in [2.75, 3.05) is 13.2 Å². The number of hydrogen-bond donors (Lipinski definition) is 1. The van der Waals surface area contributed by atoms with Crippen molar-refractivity contribution in [2.45, 2.75) is 52.7 Å². The molecule has 0 aromatic rings. The van der Waals surface area contributed by atoms with Gasteiger partial charge < -0.3 is 15.2 Å². The topological polar surface area (TPSA) is 81.9 Å². The first kappa shape index (κ1) is 16.3. The summed E-state index contributed by atoms with van der Waals surface area (Å²) >= 11 is 0. The zero-order valence-electron chi connectivity index (χ0n) is 12.9. The molecule has 1 unspecified atom stereocenters. The van der Waals surface area contributed by atoms with Gasteiger partial charge in [-0.05, 0) is 34.6 Å². The number of nitrogens with two attached hydrogens (primary N) is 1. The molecule has 0 bridgehead atoms. The Morgan fingerprint density at radius 1 is 1.40 bits per heavy atom. The normalized spacial score (nSPS) is 19.9. The zero-order valence-corrected chi connectivity index (χ0v) is 12.9. The average Bonchev–Trinajstić information content (AvgIpc) is 2.29. The van der Waals surface area contributed by atoms with Crippen molar-refractivity contribution >= 4 is 12.1 Å². The minimum atomic E-state index is -0.559. The van der Waals surface area contributed by atoms with E-state index in [2.05, 4.69) is 0 Å². The Morgan fingerprint density at radius 2 is 2.00 bits per heavy atom. The zero-order chi connectivity index (χ0) is 15.5. The van der Waals surface area contributed by atoms with Gasteiger partial charge in [0.05, 0.1) is 18.7 Å². The van der Waals surface area contributed by atoms with Gasteiger partial charge in [-0.3, -0.25) is 4.90 Å². The van der Waals surface area contributed by atoms with E-state index >= 15 is 0 Å². The van der Waals surface area contributed by atoms with Crippen LogP contribution in [0.5, 0.6) is 0 Å². The third kappa shape index (κ3) is 4.15. The molecule has 20 heavy (non-hydrogen) atoms. The second-order valence-electron chi connectivity index (χ2n) is 5.89. The second kappa shape index (κ2) is 6.15. The first-order valence-corrected chi connectivity index (χ1v) is 6.80. The van der Waals surface area contributed by atoms with E-state index in [9.17, 15) is 9.59 Å². The highest BCUT2D eigenvalue weighted by Gasteiger charge is 2.33. The molecular formula is C14H24N2O4. The molecule has 0 fully saturated rings. The summed E-state index contributed by atoms with van der Waals surface area (Å²) in [6.07, 6.45) is -0.0416. The number of ether oxygens (including phenoxy) is 2. The fourth-order valence-electron chi connectivity index (χ4n) is 1.97. The summed E-state index contributed by atoms with van der Waals surface area (Å²) in [5.74, 6) is -0.402. The maximum absolute atomic E-state index is 12.1. The van der Waals surface area contributed by atoms with Crippen LogP contribution in [0.15, 0.2) is 11.3 Å². The van der Waals surface area contributed by atoms with Crippen molar-refractivity contribution in [2.24, 2.45) is 5.73 Å². The summed E-state index contributed by atoms with van der Waals surface area (Å²) in [4.78, 5) is 25.4. The molecule has 114 valence electrons. The molecule has 6 heteroatoms. The number of nitrogens with zero attached hydrogens (tertiary/aromatic N) is 1. The highest BCUT2D eigenvalue weighted by molar-refractivity contribution is 5.90. The molecule has 0 saturated heterocycles. The van der Waals surface area contributed by atoms with Crippen LogP contribution in [-0.2, 0) is 14.3 Å². The highest BCUT2D eigenvalue weighted by atomic mass is 16.6. The fourth-order valence-corrected chi connectivity index (χ4v) is 1.97. The molecular weight excluding hydrogens is 260 g/mol. The fraction of sp³-hybridized carbons (Fsp3) is 0.714. The quantitative estimate of drug-likeness (QED) is 0.782. The molecule has 0 saturated carbocycles. The van der Waals surface area contributed by atoms with Crippen LogP contribution in [0.25, 0.3) is 0 Å². The minimum absolute atomic E-state index is 0.156. The van der Waals surface area contributed by atoms with Crippen molar-refractivity contribution in [1.82, 2.24) is 4.90 Å². The third-order valence-electron chi connectivity index (χ3n) is 2.91. The molecule has 1 atom stereocenters. The molecule has 2 N–H and O–H groups in total. The number of hydrogen-bond acceptors (Lipinski definition) is 5. The molecule has 0 aromatic heterocycles. The number of esters is 1. The van der Waals surface area contributed by atoms with Crippen molar-refractivity contribution in [3.8, 4) is 0 Å². The van der Waals surface area contributed by atoms with Crippen molar-refractivity contribution < 1.29 is 19.1 Å². The van der Waals surface area contributed by atoms with Gasteiger partial charge in [-0.15, -0.1) is 0 Å². The van der Waals surface area contributed by atoms with Gasteiger partial charge in [-0.1, -0.05) is 0 Å². The van der Waals surface area contributed by atoms with Crippen molar-refractivity contribution in [3.05, 3.63) is 11.3 Å². The van der Waals surface area contributed by atoms with Crippen LogP contribution in [0, 0.1) is 0 Å². The van der Waals surface area contributed by atoms with Crippen LogP contribution in [0.2, 0.25) is 0 Å². The summed E-state index contributed by atoms with van der Waals surface area (Å²) in [6.45, 7) is 9.52. The number of carbonyl (C=O) groups is 2. The number of carbonyl (C=O) groups excluding carboxylic acids is 2. The van der Waals surface area contributed by atoms with Crippen LogP contribution in [-0.4, -0.2) is 41.8 Å². The molecule has 1 aliphatic heterocycles. The van der Waals surface area contributed by atoms with Crippen molar-refractivity contribution in [1.29, 1.82) is 0 Å². The Labute approximate surface area is 119 Å². The monoisotopic (exact) mass is 284 g/mol. The maximum atomic E-state index is 12.1. The van der Waals surface area contributed by atoms with E-state index in [1.165, 1.54) is 4.90 Å². The summed E-state index contributed by atoms with van der Waals surface area (Å²) in [7, 11) is 0. The van der Waals surface area contributed by atoms with E-state index in [-0.39, 0.29) is 12.6 Å². The van der Waals surface area contributed by atoms with Crippen molar-refractivity contribution in [3.63, 3.8) is 0 Å². The molecule has 1 amide bonds. The minimum Gasteiger partial charge on any atom is -0.463 e. The van der Waals surface area contributed by atoms with Gasteiger partial charge in [0.1, 0.15) is 5.60 Å². The Hall–Kier alpha value is -1.72. The SMILES string of the molecule is CCOC(=O)C1=C(N)CN(C(=O)OC(C)(C)C)C(C)C1. The predicted molar refractivity (Wildman–Crippen MR) is 74.9 cm³/mol. The first-order chi connectivity index (χ1) is 9.15. The Kier molecular flexibility index (Phi) is 5.03. The predicted octanol–water partition coefficient (Wildman–Crippen LogP) is 1.79. The lowest BCUT2D eigenvalue weighted by molar-refractivity contribution is -0.139. The lowest BCUT2D eigenvalue weighted by atomic mass is 9.99. The molecule has 1 aliphatic rings. The van der Waals surface area contributed by atoms with E-state index in [1.807, 2.05) is 27.7 Å². The van der Waals surface area contributed by atoms with Crippen LogP contribution < -0.4 is 5.73 Å². The highest BCUT2D eigenvalue weighted by Crippen LogP contribution is 2.23. The van der Waals surface area contributed by atoms with E-state index < -0.39 is 17.7 Å². The maximum Gasteiger partial charge on any atom is 0.410 e. The Bertz CT molecular complexity index is 423. The molecule has 0 spiro atoms.